The molecule has 1 fully saturated rings. The number of para-hydroxylation sites is 1. The molecule has 1 aromatic heterocycles. The van der Waals surface area contributed by atoms with Gasteiger partial charge in [-0.25, -0.2) is 0 Å². The predicted octanol–water partition coefficient (Wildman–Crippen LogP) is 2.79. The lowest BCUT2D eigenvalue weighted by atomic mass is 10.1. The summed E-state index contributed by atoms with van der Waals surface area (Å²) in [6, 6.07) is 9.54. The van der Waals surface area contributed by atoms with Crippen molar-refractivity contribution < 1.29 is 18.0 Å². The molecule has 24 heavy (non-hydrogen) atoms. The second kappa shape index (κ2) is 6.47. The Labute approximate surface area is 138 Å². The smallest absolute Gasteiger partial charge is 0.350 e. The van der Waals surface area contributed by atoms with Crippen molar-refractivity contribution in [2.45, 2.75) is 12.6 Å². The van der Waals surface area contributed by atoms with E-state index in [1.807, 2.05) is 41.9 Å². The molecule has 0 radical (unpaired) electrons. The third-order valence-electron chi connectivity index (χ3n) is 4.51. The van der Waals surface area contributed by atoms with Gasteiger partial charge in [-0.05, 0) is 31.0 Å². The Bertz CT molecular complexity index is 738. The van der Waals surface area contributed by atoms with E-state index in [2.05, 4.69) is 5.32 Å². The van der Waals surface area contributed by atoms with E-state index in [0.29, 0.717) is 31.7 Å². The predicted molar refractivity (Wildman–Crippen MR) is 85.9 cm³/mol. The van der Waals surface area contributed by atoms with Gasteiger partial charge in [-0.3, -0.25) is 9.69 Å². The standard InChI is InChI=1S/C17H20F3N3O/c1-22-14-5-3-2-4-13(14)8-15(22)16(24)21-9-12-6-7-23(10-12)11-17(18,19)20/h2-5,8,12H,6-7,9-11H2,1H3,(H,21,24)/t12-/m0/s1. The maximum atomic E-state index is 12.4. The molecule has 3 rings (SSSR count). The Morgan fingerprint density at radius 1 is 1.33 bits per heavy atom. The monoisotopic (exact) mass is 339 g/mol. The molecule has 1 saturated heterocycles. The minimum absolute atomic E-state index is 0.0611. The van der Waals surface area contributed by atoms with Gasteiger partial charge < -0.3 is 9.88 Å². The normalized spacial score (nSPS) is 19.1. The largest absolute Gasteiger partial charge is 0.401 e. The van der Waals surface area contributed by atoms with Crippen molar-refractivity contribution in [1.29, 1.82) is 0 Å². The summed E-state index contributed by atoms with van der Waals surface area (Å²) in [5.74, 6) is -0.131. The van der Waals surface area contributed by atoms with E-state index in [9.17, 15) is 18.0 Å². The molecule has 2 heterocycles. The number of amides is 1. The molecule has 0 spiro atoms. The first kappa shape index (κ1) is 16.8. The number of likely N-dealkylation sites (tertiary alicyclic amines) is 1. The van der Waals surface area contributed by atoms with Crippen LogP contribution in [0.1, 0.15) is 16.9 Å². The summed E-state index contributed by atoms with van der Waals surface area (Å²) in [6.07, 6.45) is -3.49. The second-order valence-electron chi connectivity index (χ2n) is 6.36. The Morgan fingerprint density at radius 3 is 2.79 bits per heavy atom. The number of halogens is 3. The van der Waals surface area contributed by atoms with E-state index < -0.39 is 12.7 Å². The molecule has 4 nitrogen and oxygen atoms in total. The summed E-state index contributed by atoms with van der Waals surface area (Å²) < 4.78 is 39.0. The first-order chi connectivity index (χ1) is 11.3. The Morgan fingerprint density at radius 2 is 2.08 bits per heavy atom. The zero-order chi connectivity index (χ0) is 17.3. The fraction of sp³-hybridized carbons (Fsp3) is 0.471. The number of nitrogens with one attached hydrogen (secondary N) is 1. The highest BCUT2D eigenvalue weighted by molar-refractivity contribution is 5.98. The number of alkyl halides is 3. The Balaban J connectivity index is 1.57. The van der Waals surface area contributed by atoms with Crippen LogP contribution in [-0.4, -0.2) is 47.7 Å². The lowest BCUT2D eigenvalue weighted by Gasteiger charge is -2.18. The van der Waals surface area contributed by atoms with Crippen molar-refractivity contribution >= 4 is 16.8 Å². The number of rotatable bonds is 4. The van der Waals surface area contributed by atoms with Gasteiger partial charge in [0.05, 0.1) is 6.54 Å². The van der Waals surface area contributed by atoms with E-state index in [4.69, 9.17) is 0 Å². The van der Waals surface area contributed by atoms with Crippen LogP contribution in [0.3, 0.4) is 0 Å². The van der Waals surface area contributed by atoms with Crippen LogP contribution in [0.2, 0.25) is 0 Å². The molecule has 0 saturated carbocycles. The third kappa shape index (κ3) is 3.72. The first-order valence-electron chi connectivity index (χ1n) is 7.95. The lowest BCUT2D eigenvalue weighted by Crippen LogP contribution is -2.35. The van der Waals surface area contributed by atoms with E-state index in [-0.39, 0.29) is 11.8 Å². The first-order valence-corrected chi connectivity index (χ1v) is 7.95. The van der Waals surface area contributed by atoms with Gasteiger partial charge in [-0.1, -0.05) is 18.2 Å². The molecule has 0 unspecified atom stereocenters. The summed E-state index contributed by atoms with van der Waals surface area (Å²) >= 11 is 0. The molecule has 1 N–H and O–H groups in total. The van der Waals surface area contributed by atoms with Gasteiger partial charge in [-0.2, -0.15) is 13.2 Å². The average molecular weight is 339 g/mol. The summed E-state index contributed by atoms with van der Waals surface area (Å²) in [5.41, 5.74) is 1.53. The molecule has 0 aliphatic carbocycles. The highest BCUT2D eigenvalue weighted by Gasteiger charge is 2.34. The maximum Gasteiger partial charge on any atom is 0.401 e. The molecule has 7 heteroatoms. The van der Waals surface area contributed by atoms with Crippen molar-refractivity contribution in [2.75, 3.05) is 26.2 Å². The van der Waals surface area contributed by atoms with Crippen molar-refractivity contribution in [3.05, 3.63) is 36.0 Å². The van der Waals surface area contributed by atoms with E-state index in [1.165, 1.54) is 4.90 Å². The van der Waals surface area contributed by atoms with Gasteiger partial charge in [0.2, 0.25) is 0 Å². The van der Waals surface area contributed by atoms with E-state index in [0.717, 1.165) is 10.9 Å². The minimum atomic E-state index is -4.17. The van der Waals surface area contributed by atoms with Crippen LogP contribution < -0.4 is 5.32 Å². The third-order valence-corrected chi connectivity index (χ3v) is 4.51. The highest BCUT2D eigenvalue weighted by Crippen LogP contribution is 2.23. The average Bonchev–Trinajstić information content (AvgIpc) is 3.08. The number of fused-ring (bicyclic) bond motifs is 1. The van der Waals surface area contributed by atoms with Gasteiger partial charge in [0.25, 0.3) is 5.91 Å². The van der Waals surface area contributed by atoms with Crippen molar-refractivity contribution in [1.82, 2.24) is 14.8 Å². The molecule has 130 valence electrons. The summed E-state index contributed by atoms with van der Waals surface area (Å²) in [7, 11) is 1.83. The van der Waals surface area contributed by atoms with Crippen molar-refractivity contribution in [2.24, 2.45) is 13.0 Å². The number of aromatic nitrogens is 1. The maximum absolute atomic E-state index is 12.4. The number of hydrogen-bond acceptors (Lipinski definition) is 2. The van der Waals surface area contributed by atoms with Gasteiger partial charge in [0, 0.05) is 31.0 Å². The SMILES string of the molecule is Cn1c(C(=O)NC[C@@H]2CCN(CC(F)(F)F)C2)cc2ccccc21. The summed E-state index contributed by atoms with van der Waals surface area (Å²) in [5, 5.41) is 3.85. The molecular weight excluding hydrogens is 319 g/mol. The Hall–Kier alpha value is -2.02. The van der Waals surface area contributed by atoms with Crippen LogP contribution in [0.15, 0.2) is 30.3 Å². The molecule has 1 atom stereocenters. The van der Waals surface area contributed by atoms with Crippen LogP contribution in [0.4, 0.5) is 13.2 Å². The van der Waals surface area contributed by atoms with Gasteiger partial charge in [-0.15, -0.1) is 0 Å². The van der Waals surface area contributed by atoms with Gasteiger partial charge >= 0.3 is 6.18 Å². The van der Waals surface area contributed by atoms with Crippen LogP contribution in [0.25, 0.3) is 10.9 Å². The molecule has 2 aromatic rings. The van der Waals surface area contributed by atoms with E-state index in [1.54, 1.807) is 0 Å². The molecular formula is C17H20F3N3O. The number of carbonyl (C=O) groups is 1. The van der Waals surface area contributed by atoms with Crippen LogP contribution in [-0.2, 0) is 7.05 Å². The summed E-state index contributed by atoms with van der Waals surface area (Å²) in [4.78, 5) is 13.8. The summed E-state index contributed by atoms with van der Waals surface area (Å²) in [6.45, 7) is 0.318. The highest BCUT2D eigenvalue weighted by atomic mass is 19.4. The van der Waals surface area contributed by atoms with Crippen LogP contribution >= 0.6 is 0 Å². The topological polar surface area (TPSA) is 37.3 Å². The number of benzene rings is 1. The van der Waals surface area contributed by atoms with Crippen LogP contribution in [0, 0.1) is 5.92 Å². The van der Waals surface area contributed by atoms with Gasteiger partial charge in [0.15, 0.2) is 0 Å². The van der Waals surface area contributed by atoms with E-state index >= 15 is 0 Å². The minimum Gasteiger partial charge on any atom is -0.350 e. The Kier molecular flexibility index (Phi) is 4.54. The van der Waals surface area contributed by atoms with Crippen molar-refractivity contribution in [3.63, 3.8) is 0 Å². The molecule has 1 aliphatic heterocycles. The number of nitrogens with zero attached hydrogens (tertiary/aromatic N) is 2. The molecule has 1 aliphatic rings. The zero-order valence-electron chi connectivity index (χ0n) is 13.4. The molecule has 1 amide bonds. The number of carbonyl (C=O) groups excluding carboxylic acids is 1. The number of hydrogen-bond donors (Lipinski definition) is 1. The zero-order valence-corrected chi connectivity index (χ0v) is 13.4. The number of aryl methyl sites for hydroxylation is 1. The molecule has 1 aromatic carbocycles. The second-order valence-corrected chi connectivity index (χ2v) is 6.36. The fourth-order valence-electron chi connectivity index (χ4n) is 3.31. The molecule has 0 bridgehead atoms. The lowest BCUT2D eigenvalue weighted by molar-refractivity contribution is -0.143. The fourth-order valence-corrected chi connectivity index (χ4v) is 3.31. The van der Waals surface area contributed by atoms with Crippen LogP contribution in [0.5, 0.6) is 0 Å². The quantitative estimate of drug-likeness (QED) is 0.930. The van der Waals surface area contributed by atoms with Crippen molar-refractivity contribution in [3.8, 4) is 0 Å². The van der Waals surface area contributed by atoms with Gasteiger partial charge in [0.1, 0.15) is 5.69 Å².